The lowest BCUT2D eigenvalue weighted by atomic mass is 9.71. The summed E-state index contributed by atoms with van der Waals surface area (Å²) in [4.78, 5) is 24.6. The van der Waals surface area contributed by atoms with Crippen LogP contribution in [0, 0.1) is 25.7 Å². The van der Waals surface area contributed by atoms with Crippen LogP contribution in [0.4, 0.5) is 5.69 Å². The fourth-order valence-corrected chi connectivity index (χ4v) is 5.23. The number of nitrogens with one attached hydrogen (secondary N) is 1. The largest absolute Gasteiger partial charge is 0.481 e. The van der Waals surface area contributed by atoms with Gasteiger partial charge in [-0.1, -0.05) is 31.5 Å². The fourth-order valence-electron chi connectivity index (χ4n) is 5.23. The molecule has 1 heterocycles. The number of carboxylic acid groups (broad SMARTS) is 1. The van der Waals surface area contributed by atoms with Crippen LogP contribution < -0.4 is 5.32 Å². The van der Waals surface area contributed by atoms with Crippen LogP contribution >= 0.6 is 0 Å². The molecule has 1 unspecified atom stereocenters. The van der Waals surface area contributed by atoms with Gasteiger partial charge in [-0.05, 0) is 69.4 Å². The second kappa shape index (κ2) is 9.65. The number of nitrogens with zero attached hydrogens (tertiary/aromatic N) is 3. The van der Waals surface area contributed by atoms with Gasteiger partial charge in [-0.25, -0.2) is 0 Å². The molecule has 178 valence electrons. The first kappa shape index (κ1) is 23.5. The minimum atomic E-state index is -0.924. The topological polar surface area (TPSA) is 97.1 Å². The van der Waals surface area contributed by atoms with Gasteiger partial charge in [0.15, 0.2) is 0 Å². The molecule has 0 bridgehead atoms. The number of hydrogen-bond acceptors (Lipinski definition) is 4. The van der Waals surface area contributed by atoms with E-state index in [9.17, 15) is 14.7 Å². The Hall–Kier alpha value is -2.70. The quantitative estimate of drug-likeness (QED) is 0.506. The molecule has 2 aliphatic carbocycles. The van der Waals surface area contributed by atoms with Gasteiger partial charge in [0.2, 0.25) is 5.91 Å². The molecule has 1 atom stereocenters. The Labute approximate surface area is 196 Å². The van der Waals surface area contributed by atoms with Crippen molar-refractivity contribution >= 4 is 17.6 Å². The van der Waals surface area contributed by atoms with Crippen LogP contribution in [0.5, 0.6) is 0 Å². The summed E-state index contributed by atoms with van der Waals surface area (Å²) >= 11 is 0. The number of hydrogen-bond donors (Lipinski definition) is 2. The lowest BCUT2D eigenvalue weighted by molar-refractivity contribution is -0.137. The molecule has 2 aliphatic rings. The number of carboxylic acids is 1. The second-order valence-electron chi connectivity index (χ2n) is 10.5. The van der Waals surface area contributed by atoms with E-state index >= 15 is 0 Å². The molecule has 0 radical (unpaired) electrons. The molecule has 1 aromatic heterocycles. The van der Waals surface area contributed by atoms with Crippen molar-refractivity contribution in [3.63, 3.8) is 0 Å². The van der Waals surface area contributed by atoms with Gasteiger partial charge in [-0.15, -0.1) is 10.2 Å². The van der Waals surface area contributed by atoms with E-state index in [1.807, 2.05) is 32.0 Å². The molecule has 0 spiro atoms. The van der Waals surface area contributed by atoms with Gasteiger partial charge in [0, 0.05) is 30.0 Å². The molecule has 33 heavy (non-hydrogen) atoms. The summed E-state index contributed by atoms with van der Waals surface area (Å²) in [7, 11) is 0. The molecule has 2 fully saturated rings. The standard InChI is InChI=1S/C26H36N4O3/c1-15(2)9-18-11-19(12-18)25-28-29-26(30(25)21-6-7-21)20(14-24(32)33)13-23(31)27-22-8-5-16(3)10-17(22)4/h5,8,10,15,18-21H,6-7,9,11-14H2,1-4H3,(H,27,31)(H,32,33)/t18-,19+,20?. The maximum atomic E-state index is 12.9. The maximum Gasteiger partial charge on any atom is 0.304 e. The minimum absolute atomic E-state index is 0.0745. The molecule has 1 amide bonds. The SMILES string of the molecule is Cc1ccc(NC(=O)CC(CC(=O)O)c2nnc([C@H]3C[C@@H](CC(C)C)C3)n2C2CC2)c(C)c1. The number of carbonyl (C=O) groups excluding carboxylic acids is 1. The second-order valence-corrected chi connectivity index (χ2v) is 10.5. The lowest BCUT2D eigenvalue weighted by Gasteiger charge is -2.36. The zero-order valence-electron chi connectivity index (χ0n) is 20.2. The van der Waals surface area contributed by atoms with Crippen molar-refractivity contribution < 1.29 is 14.7 Å². The molecule has 2 saturated carbocycles. The molecule has 0 saturated heterocycles. The first-order chi connectivity index (χ1) is 15.7. The smallest absolute Gasteiger partial charge is 0.304 e. The lowest BCUT2D eigenvalue weighted by Crippen LogP contribution is -2.27. The molecule has 7 heteroatoms. The number of carbonyl (C=O) groups is 2. The Kier molecular flexibility index (Phi) is 6.86. The number of amides is 1. The van der Waals surface area contributed by atoms with Gasteiger partial charge < -0.3 is 15.0 Å². The monoisotopic (exact) mass is 452 g/mol. The van der Waals surface area contributed by atoms with E-state index in [-0.39, 0.29) is 18.7 Å². The van der Waals surface area contributed by atoms with Crippen LogP contribution in [0.1, 0.15) is 99.4 Å². The average Bonchev–Trinajstić information content (AvgIpc) is 3.44. The Morgan fingerprint density at radius 2 is 1.88 bits per heavy atom. The van der Waals surface area contributed by atoms with Crippen LogP contribution in [0.3, 0.4) is 0 Å². The summed E-state index contributed by atoms with van der Waals surface area (Å²) in [5.41, 5.74) is 2.88. The summed E-state index contributed by atoms with van der Waals surface area (Å²) in [6.07, 6.45) is 5.56. The van der Waals surface area contributed by atoms with Crippen molar-refractivity contribution in [1.29, 1.82) is 0 Å². The van der Waals surface area contributed by atoms with Crippen molar-refractivity contribution in [3.05, 3.63) is 41.0 Å². The van der Waals surface area contributed by atoms with E-state index in [4.69, 9.17) is 0 Å². The van der Waals surface area contributed by atoms with Crippen LogP contribution in [0.2, 0.25) is 0 Å². The van der Waals surface area contributed by atoms with E-state index < -0.39 is 11.9 Å². The Balaban J connectivity index is 1.52. The van der Waals surface area contributed by atoms with Gasteiger partial charge in [0.1, 0.15) is 11.6 Å². The number of benzene rings is 1. The summed E-state index contributed by atoms with van der Waals surface area (Å²) < 4.78 is 2.19. The Morgan fingerprint density at radius 1 is 1.15 bits per heavy atom. The third-order valence-electron chi connectivity index (χ3n) is 6.94. The predicted molar refractivity (Wildman–Crippen MR) is 127 cm³/mol. The summed E-state index contributed by atoms with van der Waals surface area (Å²) in [6.45, 7) is 8.49. The zero-order valence-corrected chi connectivity index (χ0v) is 20.2. The van der Waals surface area contributed by atoms with E-state index in [1.165, 1.54) is 6.42 Å². The molecule has 2 aromatic rings. The summed E-state index contributed by atoms with van der Waals surface area (Å²) in [5.74, 6) is 1.87. The minimum Gasteiger partial charge on any atom is -0.481 e. The van der Waals surface area contributed by atoms with Gasteiger partial charge in [0.25, 0.3) is 0 Å². The zero-order chi connectivity index (χ0) is 23.7. The highest BCUT2D eigenvalue weighted by molar-refractivity contribution is 5.92. The van der Waals surface area contributed by atoms with E-state index in [2.05, 4.69) is 33.9 Å². The molecular formula is C26H36N4O3. The fraction of sp³-hybridized carbons (Fsp3) is 0.615. The summed E-state index contributed by atoms with van der Waals surface area (Å²) in [6, 6.07) is 6.21. The molecule has 0 aliphatic heterocycles. The van der Waals surface area contributed by atoms with Gasteiger partial charge in [-0.3, -0.25) is 9.59 Å². The van der Waals surface area contributed by atoms with E-state index in [0.29, 0.717) is 23.7 Å². The number of aryl methyl sites for hydroxylation is 2. The summed E-state index contributed by atoms with van der Waals surface area (Å²) in [5, 5.41) is 21.6. The van der Waals surface area contributed by atoms with E-state index in [1.54, 1.807) is 0 Å². The molecule has 1 aromatic carbocycles. The van der Waals surface area contributed by atoms with Crippen molar-refractivity contribution in [1.82, 2.24) is 14.8 Å². The predicted octanol–water partition coefficient (Wildman–Crippen LogP) is 5.36. The van der Waals surface area contributed by atoms with Crippen LogP contribution in [0.15, 0.2) is 18.2 Å². The van der Waals surface area contributed by atoms with Crippen LogP contribution in [0.25, 0.3) is 0 Å². The first-order valence-electron chi connectivity index (χ1n) is 12.2. The maximum absolute atomic E-state index is 12.9. The highest BCUT2D eigenvalue weighted by Gasteiger charge is 2.40. The number of anilines is 1. The first-order valence-corrected chi connectivity index (χ1v) is 12.2. The highest BCUT2D eigenvalue weighted by Crippen LogP contribution is 2.48. The molecule has 2 N–H and O–H groups in total. The van der Waals surface area contributed by atoms with Crippen molar-refractivity contribution in [2.45, 2.75) is 90.5 Å². The van der Waals surface area contributed by atoms with Crippen molar-refractivity contribution in [3.8, 4) is 0 Å². The molecule has 7 nitrogen and oxygen atoms in total. The van der Waals surface area contributed by atoms with Gasteiger partial charge >= 0.3 is 5.97 Å². The number of aromatic nitrogens is 3. The highest BCUT2D eigenvalue weighted by atomic mass is 16.4. The third-order valence-corrected chi connectivity index (χ3v) is 6.94. The van der Waals surface area contributed by atoms with Crippen LogP contribution in [-0.4, -0.2) is 31.7 Å². The Morgan fingerprint density at radius 3 is 2.48 bits per heavy atom. The van der Waals surface area contributed by atoms with E-state index in [0.717, 1.165) is 54.2 Å². The molecular weight excluding hydrogens is 416 g/mol. The Bertz CT molecular complexity index is 1020. The third kappa shape index (κ3) is 5.63. The van der Waals surface area contributed by atoms with Crippen molar-refractivity contribution in [2.24, 2.45) is 11.8 Å². The normalized spacial score (nSPS) is 21.0. The molecule has 4 rings (SSSR count). The van der Waals surface area contributed by atoms with Crippen molar-refractivity contribution in [2.75, 3.05) is 5.32 Å². The average molecular weight is 453 g/mol. The van der Waals surface area contributed by atoms with Gasteiger partial charge in [-0.2, -0.15) is 0 Å². The number of rotatable bonds is 10. The number of aliphatic carboxylic acids is 1. The van der Waals surface area contributed by atoms with Gasteiger partial charge in [0.05, 0.1) is 6.42 Å². The van der Waals surface area contributed by atoms with Crippen LogP contribution in [-0.2, 0) is 9.59 Å².